The lowest BCUT2D eigenvalue weighted by molar-refractivity contribution is 0.218. The van der Waals surface area contributed by atoms with Crippen molar-refractivity contribution >= 4 is 28.6 Å². The van der Waals surface area contributed by atoms with Gasteiger partial charge in [0.05, 0.1) is 23.6 Å². The van der Waals surface area contributed by atoms with Crippen molar-refractivity contribution in [2.45, 2.75) is 17.9 Å². The Balaban J connectivity index is 1.71. The maximum atomic E-state index is 12.1. The van der Waals surface area contributed by atoms with Crippen LogP contribution in [0.3, 0.4) is 0 Å². The molecule has 0 aliphatic carbocycles. The first kappa shape index (κ1) is 17.5. The van der Waals surface area contributed by atoms with E-state index in [0.29, 0.717) is 16.9 Å². The molecule has 1 aromatic heterocycles. The molecule has 0 amide bonds. The van der Waals surface area contributed by atoms with Crippen LogP contribution in [-0.4, -0.2) is 29.4 Å². The number of para-hydroxylation sites is 1. The number of rotatable bonds is 7. The summed E-state index contributed by atoms with van der Waals surface area (Å²) >= 11 is 1.77. The molecule has 5 nitrogen and oxygen atoms in total. The number of ether oxygens (including phenoxy) is 1. The van der Waals surface area contributed by atoms with Gasteiger partial charge in [0.1, 0.15) is 0 Å². The summed E-state index contributed by atoms with van der Waals surface area (Å²) in [7, 11) is 1.71. The minimum Gasteiger partial charge on any atom is -0.384 e. The average Bonchev–Trinajstić information content (AvgIpc) is 2.62. The first-order valence-corrected chi connectivity index (χ1v) is 9.13. The van der Waals surface area contributed by atoms with Crippen LogP contribution < -0.4 is 10.9 Å². The minimum absolute atomic E-state index is 0.0299. The highest BCUT2D eigenvalue weighted by Gasteiger charge is 2.09. The van der Waals surface area contributed by atoms with Gasteiger partial charge >= 0.3 is 0 Å². The Kier molecular flexibility index (Phi) is 5.73. The van der Waals surface area contributed by atoms with Crippen LogP contribution in [0.5, 0.6) is 0 Å². The minimum atomic E-state index is -0.134. The summed E-state index contributed by atoms with van der Waals surface area (Å²) in [6.07, 6.45) is 0. The zero-order chi connectivity index (χ0) is 17.6. The van der Waals surface area contributed by atoms with Crippen LogP contribution in [-0.2, 0) is 4.74 Å². The lowest BCUT2D eigenvalue weighted by Crippen LogP contribution is -2.15. The number of nitrogens with zero attached hydrogens (tertiary/aromatic N) is 1. The average molecular weight is 355 g/mol. The van der Waals surface area contributed by atoms with E-state index < -0.39 is 0 Å². The second kappa shape index (κ2) is 8.18. The summed E-state index contributed by atoms with van der Waals surface area (Å²) in [6.45, 7) is 2.79. The number of thioether (sulfide) groups is 1. The fraction of sp³-hybridized carbons (Fsp3) is 0.263. The molecule has 0 saturated heterocycles. The van der Waals surface area contributed by atoms with Crippen LogP contribution in [0.4, 0.5) is 5.95 Å². The first-order chi connectivity index (χ1) is 12.2. The zero-order valence-corrected chi connectivity index (χ0v) is 15.1. The van der Waals surface area contributed by atoms with E-state index in [1.807, 2.05) is 25.1 Å². The van der Waals surface area contributed by atoms with Gasteiger partial charge in [0.2, 0.25) is 5.95 Å². The number of aromatic nitrogens is 2. The fourth-order valence-corrected chi connectivity index (χ4v) is 3.35. The van der Waals surface area contributed by atoms with Crippen molar-refractivity contribution in [1.82, 2.24) is 9.97 Å². The summed E-state index contributed by atoms with van der Waals surface area (Å²) in [5, 5.41) is 3.86. The SMILES string of the molecule is COCCSc1ccc(C(C)Nc2nc3ccccc3c(=O)[nH]2)cc1. The van der Waals surface area contributed by atoms with Gasteiger partial charge in [0, 0.05) is 17.8 Å². The normalized spacial score (nSPS) is 12.2. The summed E-state index contributed by atoms with van der Waals surface area (Å²) in [5.74, 6) is 1.42. The van der Waals surface area contributed by atoms with Crippen LogP contribution in [0, 0.1) is 0 Å². The molecular weight excluding hydrogens is 334 g/mol. The van der Waals surface area contributed by atoms with Crippen molar-refractivity contribution in [3.05, 3.63) is 64.4 Å². The molecule has 0 spiro atoms. The maximum absolute atomic E-state index is 12.1. The molecule has 0 aliphatic rings. The molecule has 1 heterocycles. The molecule has 2 aromatic carbocycles. The lowest BCUT2D eigenvalue weighted by atomic mass is 10.1. The Bertz CT molecular complexity index is 893. The number of benzene rings is 2. The molecule has 1 atom stereocenters. The Morgan fingerprint density at radius 1 is 1.20 bits per heavy atom. The molecule has 0 bridgehead atoms. The summed E-state index contributed by atoms with van der Waals surface area (Å²) in [6, 6.07) is 15.7. The van der Waals surface area contributed by atoms with Gasteiger partial charge in [-0.1, -0.05) is 24.3 Å². The highest BCUT2D eigenvalue weighted by atomic mass is 32.2. The van der Waals surface area contributed by atoms with Gasteiger partial charge in [0.25, 0.3) is 5.56 Å². The number of hydrogen-bond acceptors (Lipinski definition) is 5. The summed E-state index contributed by atoms with van der Waals surface area (Å²) < 4.78 is 5.07. The molecule has 0 saturated carbocycles. The van der Waals surface area contributed by atoms with Crippen LogP contribution in [0.2, 0.25) is 0 Å². The molecule has 0 radical (unpaired) electrons. The van der Waals surface area contributed by atoms with Crippen LogP contribution >= 0.6 is 11.8 Å². The lowest BCUT2D eigenvalue weighted by Gasteiger charge is -2.15. The number of anilines is 1. The smallest absolute Gasteiger partial charge is 0.260 e. The van der Waals surface area contributed by atoms with E-state index in [2.05, 4.69) is 39.6 Å². The van der Waals surface area contributed by atoms with Crippen molar-refractivity contribution in [3.8, 4) is 0 Å². The first-order valence-electron chi connectivity index (χ1n) is 8.14. The molecule has 6 heteroatoms. The number of methoxy groups -OCH3 is 1. The number of fused-ring (bicyclic) bond motifs is 1. The van der Waals surface area contributed by atoms with Gasteiger partial charge < -0.3 is 10.1 Å². The molecule has 130 valence electrons. The van der Waals surface area contributed by atoms with Crippen molar-refractivity contribution in [3.63, 3.8) is 0 Å². The Morgan fingerprint density at radius 3 is 2.72 bits per heavy atom. The molecule has 2 N–H and O–H groups in total. The number of hydrogen-bond donors (Lipinski definition) is 2. The topological polar surface area (TPSA) is 67.0 Å². The second-order valence-electron chi connectivity index (χ2n) is 5.71. The van der Waals surface area contributed by atoms with Gasteiger partial charge in [0.15, 0.2) is 0 Å². The van der Waals surface area contributed by atoms with Crippen LogP contribution in [0.25, 0.3) is 10.9 Å². The van der Waals surface area contributed by atoms with E-state index >= 15 is 0 Å². The maximum Gasteiger partial charge on any atom is 0.260 e. The molecule has 0 aliphatic heterocycles. The Hall–Kier alpha value is -2.31. The van der Waals surface area contributed by atoms with E-state index in [1.165, 1.54) is 4.90 Å². The van der Waals surface area contributed by atoms with Gasteiger partial charge in [-0.2, -0.15) is 0 Å². The fourth-order valence-electron chi connectivity index (χ4n) is 2.54. The van der Waals surface area contributed by atoms with Crippen LogP contribution in [0.15, 0.2) is 58.2 Å². The second-order valence-corrected chi connectivity index (χ2v) is 6.88. The summed E-state index contributed by atoms with van der Waals surface area (Å²) in [4.78, 5) is 20.6. The molecule has 25 heavy (non-hydrogen) atoms. The molecule has 3 rings (SSSR count). The zero-order valence-electron chi connectivity index (χ0n) is 14.3. The summed E-state index contributed by atoms with van der Waals surface area (Å²) in [5.41, 5.74) is 1.68. The molecular formula is C19H21N3O2S. The predicted molar refractivity (Wildman–Crippen MR) is 103 cm³/mol. The van der Waals surface area contributed by atoms with Crippen LogP contribution in [0.1, 0.15) is 18.5 Å². The van der Waals surface area contributed by atoms with E-state index in [4.69, 9.17) is 4.74 Å². The Morgan fingerprint density at radius 2 is 1.96 bits per heavy atom. The van der Waals surface area contributed by atoms with E-state index in [9.17, 15) is 4.79 Å². The molecule has 3 aromatic rings. The Labute approximate surface area is 150 Å². The predicted octanol–water partition coefficient (Wildman–Crippen LogP) is 3.83. The van der Waals surface area contributed by atoms with Gasteiger partial charge in [-0.25, -0.2) is 4.98 Å². The number of nitrogens with one attached hydrogen (secondary N) is 2. The largest absolute Gasteiger partial charge is 0.384 e. The van der Waals surface area contributed by atoms with Gasteiger partial charge in [-0.15, -0.1) is 11.8 Å². The number of H-pyrrole nitrogens is 1. The quantitative estimate of drug-likeness (QED) is 0.498. The van der Waals surface area contributed by atoms with E-state index in [0.717, 1.165) is 17.9 Å². The van der Waals surface area contributed by atoms with Crippen molar-refractivity contribution in [2.24, 2.45) is 0 Å². The van der Waals surface area contributed by atoms with Crippen molar-refractivity contribution < 1.29 is 4.74 Å². The van der Waals surface area contributed by atoms with E-state index in [1.54, 1.807) is 24.9 Å². The molecule has 0 fully saturated rings. The third-order valence-corrected chi connectivity index (χ3v) is 4.88. The van der Waals surface area contributed by atoms with Gasteiger partial charge in [-0.05, 0) is 36.8 Å². The third kappa shape index (κ3) is 4.41. The number of aromatic amines is 1. The monoisotopic (exact) mass is 355 g/mol. The standard InChI is InChI=1S/C19H21N3O2S/c1-13(14-7-9-15(10-8-14)25-12-11-24-2)20-19-21-17-6-4-3-5-16(17)18(23)22-19/h3-10,13H,11-12H2,1-2H3,(H2,20,21,22,23). The molecule has 1 unspecified atom stereocenters. The third-order valence-electron chi connectivity index (χ3n) is 3.90. The van der Waals surface area contributed by atoms with E-state index in [-0.39, 0.29) is 11.6 Å². The highest BCUT2D eigenvalue weighted by Crippen LogP contribution is 2.22. The van der Waals surface area contributed by atoms with Crippen molar-refractivity contribution in [2.75, 3.05) is 24.8 Å². The van der Waals surface area contributed by atoms with Crippen molar-refractivity contribution in [1.29, 1.82) is 0 Å². The highest BCUT2D eigenvalue weighted by molar-refractivity contribution is 7.99. The van der Waals surface area contributed by atoms with Gasteiger partial charge in [-0.3, -0.25) is 9.78 Å².